The second-order valence-electron chi connectivity index (χ2n) is 4.18. The molecule has 0 atom stereocenters. The van der Waals surface area contributed by atoms with Gasteiger partial charge in [-0.3, -0.25) is 0 Å². The summed E-state index contributed by atoms with van der Waals surface area (Å²) in [5, 5.41) is 0. The van der Waals surface area contributed by atoms with Gasteiger partial charge in [-0.2, -0.15) is 0 Å². The number of ether oxygens (including phenoxy) is 1. The van der Waals surface area contributed by atoms with Gasteiger partial charge in [0.1, 0.15) is 0 Å². The van der Waals surface area contributed by atoms with Crippen LogP contribution < -0.4 is 5.73 Å². The third kappa shape index (κ3) is 8.22. The van der Waals surface area contributed by atoms with Crippen molar-refractivity contribution in [1.29, 1.82) is 0 Å². The maximum Gasteiger partial charge on any atom is 0.0600 e. The van der Waals surface area contributed by atoms with Crippen molar-refractivity contribution in [1.82, 2.24) is 4.90 Å². The average molecular weight is 188 g/mol. The van der Waals surface area contributed by atoms with Crippen LogP contribution in [0.4, 0.5) is 0 Å². The lowest BCUT2D eigenvalue weighted by Gasteiger charge is -2.24. The zero-order chi connectivity index (χ0) is 10.3. The van der Waals surface area contributed by atoms with E-state index in [2.05, 4.69) is 32.6 Å². The minimum Gasteiger partial charge on any atom is -0.375 e. The molecule has 0 unspecified atom stereocenters. The zero-order valence-corrected chi connectivity index (χ0v) is 9.47. The third-order valence-electron chi connectivity index (χ3n) is 1.84. The quantitative estimate of drug-likeness (QED) is 0.678. The van der Waals surface area contributed by atoms with Crippen molar-refractivity contribution in [3.63, 3.8) is 0 Å². The third-order valence-corrected chi connectivity index (χ3v) is 1.84. The van der Waals surface area contributed by atoms with Crippen LogP contribution in [-0.2, 0) is 4.74 Å². The van der Waals surface area contributed by atoms with Crippen LogP contribution in [0.5, 0.6) is 0 Å². The normalized spacial score (nSPS) is 12.5. The molecule has 0 aliphatic rings. The Hall–Kier alpha value is -0.120. The molecule has 0 bridgehead atoms. The molecule has 13 heavy (non-hydrogen) atoms. The van der Waals surface area contributed by atoms with Crippen molar-refractivity contribution in [2.45, 2.75) is 33.3 Å². The summed E-state index contributed by atoms with van der Waals surface area (Å²) in [6.45, 7) is 12.9. The smallest absolute Gasteiger partial charge is 0.0600 e. The molecular weight excluding hydrogens is 164 g/mol. The molecule has 0 heterocycles. The van der Waals surface area contributed by atoms with Crippen LogP contribution in [-0.4, -0.2) is 43.3 Å². The van der Waals surface area contributed by atoms with Crippen LogP contribution in [0.15, 0.2) is 0 Å². The van der Waals surface area contributed by atoms with Crippen molar-refractivity contribution in [2.24, 2.45) is 5.73 Å². The molecule has 0 aromatic heterocycles. The maximum absolute atomic E-state index is 5.63. The number of hydrogen-bond acceptors (Lipinski definition) is 3. The highest BCUT2D eigenvalue weighted by Crippen LogP contribution is 2.05. The summed E-state index contributed by atoms with van der Waals surface area (Å²) in [5.41, 5.74) is 5.45. The summed E-state index contributed by atoms with van der Waals surface area (Å²) in [6.07, 6.45) is 0. The summed E-state index contributed by atoms with van der Waals surface area (Å²) < 4.78 is 5.63. The van der Waals surface area contributed by atoms with Gasteiger partial charge in [0.15, 0.2) is 0 Å². The molecule has 80 valence electrons. The van der Waals surface area contributed by atoms with E-state index in [1.54, 1.807) is 0 Å². The van der Waals surface area contributed by atoms with Crippen LogP contribution in [0.2, 0.25) is 0 Å². The topological polar surface area (TPSA) is 38.5 Å². The highest BCUT2D eigenvalue weighted by Gasteiger charge is 2.10. The van der Waals surface area contributed by atoms with Gasteiger partial charge < -0.3 is 15.4 Å². The number of hydrogen-bond donors (Lipinski definition) is 1. The fourth-order valence-electron chi connectivity index (χ4n) is 1.09. The van der Waals surface area contributed by atoms with Crippen LogP contribution in [0.1, 0.15) is 27.7 Å². The molecule has 0 aromatic rings. The van der Waals surface area contributed by atoms with Gasteiger partial charge in [-0.25, -0.2) is 0 Å². The first kappa shape index (κ1) is 12.9. The van der Waals surface area contributed by atoms with Crippen molar-refractivity contribution in [3.8, 4) is 0 Å². The second kappa shape index (κ2) is 6.35. The summed E-state index contributed by atoms with van der Waals surface area (Å²) in [5.74, 6) is 0. The van der Waals surface area contributed by atoms with Crippen LogP contribution in [0.3, 0.4) is 0 Å². The van der Waals surface area contributed by atoms with Gasteiger partial charge in [-0.05, 0) is 27.3 Å². The summed E-state index contributed by atoms with van der Waals surface area (Å²) >= 11 is 0. The van der Waals surface area contributed by atoms with Crippen molar-refractivity contribution >= 4 is 0 Å². The molecule has 0 saturated carbocycles. The van der Waals surface area contributed by atoms with E-state index in [9.17, 15) is 0 Å². The predicted octanol–water partition coefficient (Wildman–Crippen LogP) is 1.08. The van der Waals surface area contributed by atoms with E-state index in [1.807, 2.05) is 0 Å². The Balaban J connectivity index is 3.49. The number of nitrogens with two attached hydrogens (primary N) is 1. The SMILES string of the molecule is CCN(CCN)CCOC(C)(C)C. The Bertz CT molecular complexity index is 121. The molecule has 0 fully saturated rings. The molecule has 0 aliphatic heterocycles. The summed E-state index contributed by atoms with van der Waals surface area (Å²) in [7, 11) is 0. The molecule has 3 heteroatoms. The highest BCUT2D eigenvalue weighted by molar-refractivity contribution is 4.61. The lowest BCUT2D eigenvalue weighted by Crippen LogP contribution is -2.34. The minimum atomic E-state index is -0.0257. The van der Waals surface area contributed by atoms with Gasteiger partial charge in [-0.15, -0.1) is 0 Å². The van der Waals surface area contributed by atoms with Gasteiger partial charge in [0, 0.05) is 19.6 Å². The molecular formula is C10H24N2O. The van der Waals surface area contributed by atoms with E-state index in [4.69, 9.17) is 10.5 Å². The molecule has 0 aliphatic carbocycles. The predicted molar refractivity (Wildman–Crippen MR) is 56.9 cm³/mol. The zero-order valence-electron chi connectivity index (χ0n) is 9.47. The van der Waals surface area contributed by atoms with Gasteiger partial charge in [0.2, 0.25) is 0 Å². The average Bonchev–Trinajstić information content (AvgIpc) is 2.01. The molecule has 2 N–H and O–H groups in total. The van der Waals surface area contributed by atoms with Crippen molar-refractivity contribution < 1.29 is 4.74 Å². The van der Waals surface area contributed by atoms with E-state index < -0.39 is 0 Å². The Morgan fingerprint density at radius 2 is 1.85 bits per heavy atom. The Morgan fingerprint density at radius 1 is 1.23 bits per heavy atom. The molecule has 0 amide bonds. The van der Waals surface area contributed by atoms with E-state index in [-0.39, 0.29) is 5.60 Å². The van der Waals surface area contributed by atoms with E-state index in [1.165, 1.54) is 0 Å². The Kier molecular flexibility index (Phi) is 6.29. The van der Waals surface area contributed by atoms with E-state index >= 15 is 0 Å². The first-order valence-electron chi connectivity index (χ1n) is 5.06. The maximum atomic E-state index is 5.63. The fraction of sp³-hybridized carbons (Fsp3) is 1.00. The van der Waals surface area contributed by atoms with Gasteiger partial charge in [-0.1, -0.05) is 6.92 Å². The first-order valence-corrected chi connectivity index (χ1v) is 5.06. The van der Waals surface area contributed by atoms with Crippen LogP contribution in [0, 0.1) is 0 Å². The second-order valence-corrected chi connectivity index (χ2v) is 4.18. The lowest BCUT2D eigenvalue weighted by molar-refractivity contribution is -0.0123. The molecule has 0 aromatic carbocycles. The molecule has 0 radical (unpaired) electrons. The molecule has 3 nitrogen and oxygen atoms in total. The van der Waals surface area contributed by atoms with Gasteiger partial charge in [0.25, 0.3) is 0 Å². The highest BCUT2D eigenvalue weighted by atomic mass is 16.5. The number of likely N-dealkylation sites (N-methyl/N-ethyl adjacent to an activating group) is 1. The largest absolute Gasteiger partial charge is 0.375 e. The fourth-order valence-corrected chi connectivity index (χ4v) is 1.09. The summed E-state index contributed by atoms with van der Waals surface area (Å²) in [6, 6.07) is 0. The van der Waals surface area contributed by atoms with Gasteiger partial charge in [0.05, 0.1) is 12.2 Å². The first-order chi connectivity index (χ1) is 5.99. The molecule has 0 rings (SSSR count). The number of rotatable bonds is 6. The molecule has 0 saturated heterocycles. The Labute approximate surface area is 82.2 Å². The monoisotopic (exact) mass is 188 g/mol. The lowest BCUT2D eigenvalue weighted by atomic mass is 10.2. The van der Waals surface area contributed by atoms with E-state index in [0.29, 0.717) is 0 Å². The standard InChI is InChI=1S/C10H24N2O/c1-5-12(7-6-11)8-9-13-10(2,3)4/h5-9,11H2,1-4H3. The molecule has 0 spiro atoms. The summed E-state index contributed by atoms with van der Waals surface area (Å²) in [4.78, 5) is 2.30. The van der Waals surface area contributed by atoms with Crippen molar-refractivity contribution in [3.05, 3.63) is 0 Å². The minimum absolute atomic E-state index is 0.0257. The number of nitrogens with zero attached hydrogens (tertiary/aromatic N) is 1. The van der Waals surface area contributed by atoms with Gasteiger partial charge >= 0.3 is 0 Å². The van der Waals surface area contributed by atoms with Crippen molar-refractivity contribution in [2.75, 3.05) is 32.8 Å². The van der Waals surface area contributed by atoms with Crippen LogP contribution >= 0.6 is 0 Å². The Morgan fingerprint density at radius 3 is 2.23 bits per heavy atom. The van der Waals surface area contributed by atoms with E-state index in [0.717, 1.165) is 32.8 Å². The van der Waals surface area contributed by atoms with Crippen LogP contribution in [0.25, 0.3) is 0 Å².